The van der Waals surface area contributed by atoms with Gasteiger partial charge in [0.1, 0.15) is 5.92 Å². The summed E-state index contributed by atoms with van der Waals surface area (Å²) in [5.74, 6) is -0.947. The highest BCUT2D eigenvalue weighted by molar-refractivity contribution is 6.32. The van der Waals surface area contributed by atoms with E-state index in [-0.39, 0.29) is 11.6 Å². The van der Waals surface area contributed by atoms with E-state index in [1.54, 1.807) is 12.1 Å². The molecule has 0 saturated carbocycles. The molecule has 1 aliphatic carbocycles. The van der Waals surface area contributed by atoms with E-state index in [1.165, 1.54) is 0 Å². The molecule has 0 aromatic heterocycles. The van der Waals surface area contributed by atoms with Crippen molar-refractivity contribution in [1.29, 1.82) is 0 Å². The summed E-state index contributed by atoms with van der Waals surface area (Å²) < 4.78 is 0. The third-order valence-electron chi connectivity index (χ3n) is 5.08. The molecule has 4 aromatic rings. The zero-order valence-electron chi connectivity index (χ0n) is 13.4. The lowest BCUT2D eigenvalue weighted by Gasteiger charge is -2.15. The van der Waals surface area contributed by atoms with Gasteiger partial charge in [-0.3, -0.25) is 9.59 Å². The minimum atomic E-state index is -0.756. The molecule has 0 spiro atoms. The second kappa shape index (κ2) is 5.12. The van der Waals surface area contributed by atoms with E-state index >= 15 is 0 Å². The Kier molecular flexibility index (Phi) is 2.89. The van der Waals surface area contributed by atoms with Crippen molar-refractivity contribution < 1.29 is 9.59 Å². The Morgan fingerprint density at radius 1 is 0.560 bits per heavy atom. The third-order valence-corrected chi connectivity index (χ3v) is 5.08. The Morgan fingerprint density at radius 3 is 1.52 bits per heavy atom. The minimum Gasteiger partial charge on any atom is -0.293 e. The van der Waals surface area contributed by atoms with Crippen LogP contribution in [0.2, 0.25) is 0 Å². The molecule has 0 saturated heterocycles. The number of ketones is 2. The maximum absolute atomic E-state index is 13.1. The second-order valence-corrected chi connectivity index (χ2v) is 6.44. The summed E-state index contributed by atoms with van der Waals surface area (Å²) in [5.41, 5.74) is 1.91. The number of rotatable bonds is 1. The largest absolute Gasteiger partial charge is 0.293 e. The van der Waals surface area contributed by atoms with Gasteiger partial charge in [0, 0.05) is 11.1 Å². The molecule has 1 aliphatic rings. The molecule has 5 rings (SSSR count). The summed E-state index contributed by atoms with van der Waals surface area (Å²) in [5, 5.41) is 4.04. The van der Waals surface area contributed by atoms with Gasteiger partial charge in [0.05, 0.1) is 0 Å². The van der Waals surface area contributed by atoms with Crippen molar-refractivity contribution in [1.82, 2.24) is 0 Å². The Bertz CT molecular complexity index is 1100. The molecule has 0 N–H and O–H groups in total. The van der Waals surface area contributed by atoms with Gasteiger partial charge in [0.15, 0.2) is 11.6 Å². The first-order valence-electron chi connectivity index (χ1n) is 8.33. The first-order valence-corrected chi connectivity index (χ1v) is 8.33. The van der Waals surface area contributed by atoms with Crippen molar-refractivity contribution >= 4 is 33.1 Å². The van der Waals surface area contributed by atoms with Crippen LogP contribution in [0, 0.1) is 0 Å². The van der Waals surface area contributed by atoms with Crippen LogP contribution < -0.4 is 0 Å². The number of fused-ring (bicyclic) bond motifs is 3. The summed E-state index contributed by atoms with van der Waals surface area (Å²) in [7, 11) is 0. The summed E-state index contributed by atoms with van der Waals surface area (Å²) in [6.45, 7) is 0. The molecule has 0 amide bonds. The van der Waals surface area contributed by atoms with Crippen LogP contribution in [-0.4, -0.2) is 11.6 Å². The van der Waals surface area contributed by atoms with Gasteiger partial charge in [0.25, 0.3) is 0 Å². The molecule has 4 aromatic carbocycles. The summed E-state index contributed by atoms with van der Waals surface area (Å²) in [6, 6.07) is 25.2. The zero-order chi connectivity index (χ0) is 17.0. The van der Waals surface area contributed by atoms with Crippen molar-refractivity contribution in [3.05, 3.63) is 95.6 Å². The number of Topliss-reactive ketones (excluding diaryl/α,β-unsaturated/α-hetero) is 2. The molecule has 25 heavy (non-hydrogen) atoms. The standard InChI is InChI=1S/C23H14O2/c24-22-18-11-5-6-12-19(18)23(25)21(22)20-16-9-3-1-7-14(16)13-15-8-2-4-10-17(15)20/h1-13,21H. The van der Waals surface area contributed by atoms with Gasteiger partial charge in [-0.2, -0.15) is 0 Å². The highest BCUT2D eigenvalue weighted by atomic mass is 16.2. The average Bonchev–Trinajstić information content (AvgIpc) is 2.91. The second-order valence-electron chi connectivity index (χ2n) is 6.44. The first-order chi connectivity index (χ1) is 12.3. The van der Waals surface area contributed by atoms with Crippen molar-refractivity contribution in [3.8, 4) is 0 Å². The van der Waals surface area contributed by atoms with E-state index in [1.807, 2.05) is 60.7 Å². The van der Waals surface area contributed by atoms with E-state index in [0.29, 0.717) is 11.1 Å². The summed E-state index contributed by atoms with van der Waals surface area (Å²) >= 11 is 0. The van der Waals surface area contributed by atoms with Gasteiger partial charge in [-0.25, -0.2) is 0 Å². The van der Waals surface area contributed by atoms with Gasteiger partial charge in [-0.15, -0.1) is 0 Å². The molecule has 118 valence electrons. The van der Waals surface area contributed by atoms with E-state index in [0.717, 1.165) is 27.1 Å². The van der Waals surface area contributed by atoms with Crippen molar-refractivity contribution in [2.24, 2.45) is 0 Å². The third kappa shape index (κ3) is 1.91. The zero-order valence-corrected chi connectivity index (χ0v) is 13.4. The monoisotopic (exact) mass is 322 g/mol. The van der Waals surface area contributed by atoms with Gasteiger partial charge >= 0.3 is 0 Å². The Labute approximate surface area is 144 Å². The topological polar surface area (TPSA) is 34.1 Å². The fourth-order valence-electron chi connectivity index (χ4n) is 3.97. The molecule has 0 atom stereocenters. The summed E-state index contributed by atoms with van der Waals surface area (Å²) in [6.07, 6.45) is 0. The van der Waals surface area contributed by atoms with Crippen LogP contribution in [0.1, 0.15) is 32.2 Å². The fraction of sp³-hybridized carbons (Fsp3) is 0.0435. The SMILES string of the molecule is O=C1c2ccccc2C(=O)C1c1c2ccccc2cc2ccccc12. The molecule has 0 unspecified atom stereocenters. The van der Waals surface area contributed by atoms with Crippen LogP contribution in [0.15, 0.2) is 78.9 Å². The van der Waals surface area contributed by atoms with Gasteiger partial charge < -0.3 is 0 Å². The van der Waals surface area contributed by atoms with E-state index in [2.05, 4.69) is 6.07 Å². The lowest BCUT2D eigenvalue weighted by atomic mass is 9.85. The van der Waals surface area contributed by atoms with Crippen molar-refractivity contribution in [3.63, 3.8) is 0 Å². The highest BCUT2D eigenvalue weighted by Crippen LogP contribution is 2.40. The summed E-state index contributed by atoms with van der Waals surface area (Å²) in [4.78, 5) is 26.1. The number of carbonyl (C=O) groups is 2. The number of benzene rings is 4. The predicted octanol–water partition coefficient (Wildman–Crippen LogP) is 5.16. The molecule has 0 fully saturated rings. The van der Waals surface area contributed by atoms with Gasteiger partial charge in [0.2, 0.25) is 0 Å². The predicted molar refractivity (Wildman–Crippen MR) is 99.3 cm³/mol. The van der Waals surface area contributed by atoms with Crippen LogP contribution in [0.4, 0.5) is 0 Å². The van der Waals surface area contributed by atoms with E-state index < -0.39 is 5.92 Å². The maximum Gasteiger partial charge on any atom is 0.178 e. The Morgan fingerprint density at radius 2 is 1.00 bits per heavy atom. The fourth-order valence-corrected chi connectivity index (χ4v) is 3.97. The quantitative estimate of drug-likeness (QED) is 0.358. The molecule has 0 bridgehead atoms. The first kappa shape index (κ1) is 14.1. The lowest BCUT2D eigenvalue weighted by Crippen LogP contribution is -2.14. The molecule has 2 heteroatoms. The molecule has 2 nitrogen and oxygen atoms in total. The maximum atomic E-state index is 13.1. The highest BCUT2D eigenvalue weighted by Gasteiger charge is 2.40. The number of hydrogen-bond acceptors (Lipinski definition) is 2. The smallest absolute Gasteiger partial charge is 0.178 e. The van der Waals surface area contributed by atoms with Crippen LogP contribution in [0.25, 0.3) is 21.5 Å². The van der Waals surface area contributed by atoms with Crippen LogP contribution in [0.3, 0.4) is 0 Å². The normalized spacial score (nSPS) is 14.4. The van der Waals surface area contributed by atoms with Gasteiger partial charge in [-0.05, 0) is 33.2 Å². The van der Waals surface area contributed by atoms with Crippen molar-refractivity contribution in [2.75, 3.05) is 0 Å². The average molecular weight is 322 g/mol. The van der Waals surface area contributed by atoms with Gasteiger partial charge in [-0.1, -0.05) is 72.8 Å². The van der Waals surface area contributed by atoms with Crippen molar-refractivity contribution in [2.45, 2.75) is 5.92 Å². The van der Waals surface area contributed by atoms with Crippen LogP contribution in [-0.2, 0) is 0 Å². The number of carbonyl (C=O) groups excluding carboxylic acids is 2. The lowest BCUT2D eigenvalue weighted by molar-refractivity contribution is 0.0891. The molecule has 0 radical (unpaired) electrons. The molecule has 0 aliphatic heterocycles. The number of hydrogen-bond donors (Lipinski definition) is 0. The van der Waals surface area contributed by atoms with Crippen LogP contribution >= 0.6 is 0 Å². The van der Waals surface area contributed by atoms with Crippen LogP contribution in [0.5, 0.6) is 0 Å². The Hall–Kier alpha value is -3.26. The Balaban J connectivity index is 1.89. The minimum absolute atomic E-state index is 0.0953. The van der Waals surface area contributed by atoms with E-state index in [4.69, 9.17) is 0 Å². The molecular formula is C23H14O2. The molecule has 0 heterocycles. The van der Waals surface area contributed by atoms with E-state index in [9.17, 15) is 9.59 Å². The molecular weight excluding hydrogens is 308 g/mol.